The Balaban J connectivity index is 2.36. The van der Waals surface area contributed by atoms with Gasteiger partial charge in [0.1, 0.15) is 5.56 Å². The summed E-state index contributed by atoms with van der Waals surface area (Å²) in [7, 11) is 1.64. The molecule has 6 nitrogen and oxygen atoms in total. The van der Waals surface area contributed by atoms with E-state index in [1.165, 1.54) is 11.0 Å². The summed E-state index contributed by atoms with van der Waals surface area (Å²) in [5, 5.41) is 11.2. The van der Waals surface area contributed by atoms with Crippen molar-refractivity contribution in [3.05, 3.63) is 69.5 Å². The molecule has 1 aromatic carbocycles. The van der Waals surface area contributed by atoms with Crippen LogP contribution in [0.2, 0.25) is 0 Å². The Hall–Kier alpha value is -2.76. The number of pyridine rings is 1. The molecule has 1 atom stereocenters. The van der Waals surface area contributed by atoms with E-state index in [9.17, 15) is 14.9 Å². The van der Waals surface area contributed by atoms with Crippen molar-refractivity contribution in [2.75, 3.05) is 7.05 Å². The Morgan fingerprint density at radius 2 is 1.91 bits per heavy atom. The molecular formula is C16H17N3O3. The summed E-state index contributed by atoms with van der Waals surface area (Å²) >= 11 is 0. The van der Waals surface area contributed by atoms with Gasteiger partial charge in [-0.15, -0.1) is 0 Å². The number of aryl methyl sites for hydroxylation is 1. The van der Waals surface area contributed by atoms with Gasteiger partial charge in [-0.3, -0.25) is 19.9 Å². The smallest absolute Gasteiger partial charge is 0.285 e. The lowest BCUT2D eigenvalue weighted by molar-refractivity contribution is -0.385. The van der Waals surface area contributed by atoms with Gasteiger partial charge in [-0.2, -0.15) is 0 Å². The first-order chi connectivity index (χ1) is 10.4. The van der Waals surface area contributed by atoms with Gasteiger partial charge < -0.3 is 4.90 Å². The van der Waals surface area contributed by atoms with Crippen LogP contribution < -0.4 is 0 Å². The average molecular weight is 299 g/mol. The van der Waals surface area contributed by atoms with Crippen LogP contribution in [-0.4, -0.2) is 27.8 Å². The molecule has 22 heavy (non-hydrogen) atoms. The zero-order valence-corrected chi connectivity index (χ0v) is 12.7. The van der Waals surface area contributed by atoms with Crippen LogP contribution in [0.5, 0.6) is 0 Å². The van der Waals surface area contributed by atoms with Gasteiger partial charge in [0, 0.05) is 25.0 Å². The Labute approximate surface area is 128 Å². The first-order valence-electron chi connectivity index (χ1n) is 6.84. The first kappa shape index (κ1) is 15.6. The molecule has 1 unspecified atom stereocenters. The summed E-state index contributed by atoms with van der Waals surface area (Å²) in [6, 6.07) is 8.19. The summed E-state index contributed by atoms with van der Waals surface area (Å²) in [4.78, 5) is 28.8. The van der Waals surface area contributed by atoms with Crippen LogP contribution in [0.15, 0.2) is 42.7 Å². The fourth-order valence-electron chi connectivity index (χ4n) is 2.31. The molecule has 0 aliphatic rings. The molecule has 1 heterocycles. The molecular weight excluding hydrogens is 282 g/mol. The SMILES string of the molecule is Cc1cccc(C(=O)N(C)C(C)c2ccncc2)c1[N+](=O)[O-]. The van der Waals surface area contributed by atoms with Crippen LogP contribution in [0, 0.1) is 17.0 Å². The van der Waals surface area contributed by atoms with Crippen molar-refractivity contribution in [2.45, 2.75) is 19.9 Å². The van der Waals surface area contributed by atoms with Crippen LogP contribution >= 0.6 is 0 Å². The average Bonchev–Trinajstić information content (AvgIpc) is 2.53. The van der Waals surface area contributed by atoms with Crippen LogP contribution in [-0.2, 0) is 0 Å². The van der Waals surface area contributed by atoms with Gasteiger partial charge in [0.25, 0.3) is 11.6 Å². The summed E-state index contributed by atoms with van der Waals surface area (Å²) in [5.41, 5.74) is 1.36. The Kier molecular flexibility index (Phi) is 4.50. The molecule has 0 aliphatic heterocycles. The lowest BCUT2D eigenvalue weighted by Gasteiger charge is -2.25. The number of carbonyl (C=O) groups is 1. The monoisotopic (exact) mass is 299 g/mol. The molecule has 0 saturated heterocycles. The maximum atomic E-state index is 12.6. The van der Waals surface area contributed by atoms with Crippen molar-refractivity contribution in [3.63, 3.8) is 0 Å². The number of aromatic nitrogens is 1. The van der Waals surface area contributed by atoms with Crippen molar-refractivity contribution in [3.8, 4) is 0 Å². The van der Waals surface area contributed by atoms with E-state index in [1.807, 2.05) is 19.1 Å². The second-order valence-corrected chi connectivity index (χ2v) is 5.10. The molecule has 0 aliphatic carbocycles. The minimum absolute atomic E-state index is 0.105. The van der Waals surface area contributed by atoms with E-state index in [1.54, 1.807) is 38.5 Å². The van der Waals surface area contributed by atoms with Crippen molar-refractivity contribution < 1.29 is 9.72 Å². The summed E-state index contributed by atoms with van der Waals surface area (Å²) in [5.74, 6) is -0.375. The van der Waals surface area contributed by atoms with E-state index in [-0.39, 0.29) is 23.2 Å². The highest BCUT2D eigenvalue weighted by molar-refractivity contribution is 5.98. The number of nitrogens with zero attached hydrogens (tertiary/aromatic N) is 3. The minimum atomic E-state index is -0.506. The lowest BCUT2D eigenvalue weighted by Crippen LogP contribution is -2.30. The van der Waals surface area contributed by atoms with Crippen LogP contribution in [0.1, 0.15) is 34.5 Å². The molecule has 0 bridgehead atoms. The highest BCUT2D eigenvalue weighted by Crippen LogP contribution is 2.27. The first-order valence-corrected chi connectivity index (χ1v) is 6.84. The lowest BCUT2D eigenvalue weighted by atomic mass is 10.0. The number of rotatable bonds is 4. The van der Waals surface area contributed by atoms with E-state index < -0.39 is 4.92 Å². The Morgan fingerprint density at radius 3 is 2.50 bits per heavy atom. The minimum Gasteiger partial charge on any atom is -0.335 e. The molecule has 2 rings (SSSR count). The Bertz CT molecular complexity index is 701. The third-order valence-electron chi connectivity index (χ3n) is 3.74. The molecule has 0 spiro atoms. The van der Waals surface area contributed by atoms with Crippen molar-refractivity contribution in [1.82, 2.24) is 9.88 Å². The van der Waals surface area contributed by atoms with E-state index in [2.05, 4.69) is 4.98 Å². The van der Waals surface area contributed by atoms with E-state index in [0.717, 1.165) is 5.56 Å². The van der Waals surface area contributed by atoms with Gasteiger partial charge in [-0.05, 0) is 37.6 Å². The van der Waals surface area contributed by atoms with E-state index >= 15 is 0 Å². The van der Waals surface area contributed by atoms with Gasteiger partial charge in [0.05, 0.1) is 11.0 Å². The zero-order valence-electron chi connectivity index (χ0n) is 12.7. The molecule has 6 heteroatoms. The standard InChI is InChI=1S/C16H17N3O3/c1-11-5-4-6-14(15(11)19(21)22)16(20)18(3)12(2)13-7-9-17-10-8-13/h4-10,12H,1-3H3. The number of hydrogen-bond acceptors (Lipinski definition) is 4. The fourth-order valence-corrected chi connectivity index (χ4v) is 2.31. The third-order valence-corrected chi connectivity index (χ3v) is 3.74. The zero-order chi connectivity index (χ0) is 16.3. The topological polar surface area (TPSA) is 76.3 Å². The maximum absolute atomic E-state index is 12.6. The molecule has 0 saturated carbocycles. The predicted octanol–water partition coefficient (Wildman–Crippen LogP) is 3.13. The van der Waals surface area contributed by atoms with Crippen molar-refractivity contribution >= 4 is 11.6 Å². The second kappa shape index (κ2) is 6.34. The number of hydrogen-bond donors (Lipinski definition) is 0. The van der Waals surface area contributed by atoms with Crippen molar-refractivity contribution in [1.29, 1.82) is 0 Å². The third kappa shape index (κ3) is 2.95. The van der Waals surface area contributed by atoms with Crippen LogP contribution in [0.3, 0.4) is 0 Å². The molecule has 114 valence electrons. The van der Waals surface area contributed by atoms with Gasteiger partial charge in [0.15, 0.2) is 0 Å². The van der Waals surface area contributed by atoms with E-state index in [4.69, 9.17) is 0 Å². The molecule has 0 N–H and O–H groups in total. The number of benzene rings is 1. The normalized spacial score (nSPS) is 11.8. The number of para-hydroxylation sites is 1. The molecule has 2 aromatic rings. The highest BCUT2D eigenvalue weighted by Gasteiger charge is 2.27. The maximum Gasteiger partial charge on any atom is 0.285 e. The molecule has 1 amide bonds. The number of nitro benzene ring substituents is 1. The number of amides is 1. The molecule has 0 fully saturated rings. The quantitative estimate of drug-likeness (QED) is 0.642. The fraction of sp³-hybridized carbons (Fsp3) is 0.250. The molecule has 0 radical (unpaired) electrons. The number of carbonyl (C=O) groups excluding carboxylic acids is 1. The highest BCUT2D eigenvalue weighted by atomic mass is 16.6. The summed E-state index contributed by atoms with van der Waals surface area (Å²) in [6.07, 6.45) is 3.30. The van der Waals surface area contributed by atoms with Crippen LogP contribution in [0.4, 0.5) is 5.69 Å². The van der Waals surface area contributed by atoms with Gasteiger partial charge in [-0.25, -0.2) is 0 Å². The number of nitro groups is 1. The second-order valence-electron chi connectivity index (χ2n) is 5.10. The summed E-state index contributed by atoms with van der Waals surface area (Å²) in [6.45, 7) is 3.50. The van der Waals surface area contributed by atoms with E-state index in [0.29, 0.717) is 5.56 Å². The van der Waals surface area contributed by atoms with Gasteiger partial charge in [-0.1, -0.05) is 12.1 Å². The van der Waals surface area contributed by atoms with Gasteiger partial charge in [0.2, 0.25) is 0 Å². The largest absolute Gasteiger partial charge is 0.335 e. The predicted molar refractivity (Wildman–Crippen MR) is 82.6 cm³/mol. The summed E-state index contributed by atoms with van der Waals surface area (Å²) < 4.78 is 0. The Morgan fingerprint density at radius 1 is 1.27 bits per heavy atom. The molecule has 1 aromatic heterocycles. The van der Waals surface area contributed by atoms with Crippen molar-refractivity contribution in [2.24, 2.45) is 0 Å². The van der Waals surface area contributed by atoms with Gasteiger partial charge >= 0.3 is 0 Å². The van der Waals surface area contributed by atoms with Crippen LogP contribution in [0.25, 0.3) is 0 Å².